The SMILES string of the molecule is CCOC(=O)c1[nH]c(-c2cccc3[nH]c(CCNC(=O)OC(C)(C)C)cc23)c(C(C)C)c1-c1c(Cl)ccc2[nH]ccc12. The van der Waals surface area contributed by atoms with Crippen molar-refractivity contribution in [3.8, 4) is 22.4 Å². The highest BCUT2D eigenvalue weighted by Crippen LogP contribution is 2.46. The zero-order valence-corrected chi connectivity index (χ0v) is 25.6. The van der Waals surface area contributed by atoms with Crippen molar-refractivity contribution in [1.29, 1.82) is 0 Å². The minimum atomic E-state index is -0.553. The van der Waals surface area contributed by atoms with Crippen LogP contribution in [0.4, 0.5) is 4.79 Å². The molecule has 5 rings (SSSR count). The van der Waals surface area contributed by atoms with E-state index in [0.29, 0.717) is 23.7 Å². The predicted molar refractivity (Wildman–Crippen MR) is 168 cm³/mol. The molecule has 0 atom stereocenters. The van der Waals surface area contributed by atoms with Crippen molar-refractivity contribution < 1.29 is 19.1 Å². The van der Waals surface area contributed by atoms with E-state index in [4.69, 9.17) is 21.1 Å². The summed E-state index contributed by atoms with van der Waals surface area (Å²) in [6, 6.07) is 13.9. The average molecular weight is 589 g/mol. The van der Waals surface area contributed by atoms with Crippen molar-refractivity contribution in [2.24, 2.45) is 0 Å². The summed E-state index contributed by atoms with van der Waals surface area (Å²) in [4.78, 5) is 35.7. The second-order valence-electron chi connectivity index (χ2n) is 11.6. The smallest absolute Gasteiger partial charge is 0.407 e. The number of hydrogen-bond acceptors (Lipinski definition) is 4. The molecule has 9 heteroatoms. The van der Waals surface area contributed by atoms with E-state index >= 15 is 0 Å². The number of carbonyl (C=O) groups excluding carboxylic acids is 2. The Balaban J connectivity index is 1.62. The Labute approximate surface area is 250 Å². The van der Waals surface area contributed by atoms with Gasteiger partial charge in [0.2, 0.25) is 0 Å². The quantitative estimate of drug-likeness (QED) is 0.136. The van der Waals surface area contributed by atoms with Gasteiger partial charge in [-0.15, -0.1) is 0 Å². The van der Waals surface area contributed by atoms with Gasteiger partial charge in [0, 0.05) is 68.4 Å². The van der Waals surface area contributed by atoms with Gasteiger partial charge in [0.25, 0.3) is 0 Å². The number of fused-ring (bicyclic) bond motifs is 2. The fourth-order valence-electron chi connectivity index (χ4n) is 5.46. The monoisotopic (exact) mass is 588 g/mol. The maximum absolute atomic E-state index is 13.4. The Hall–Kier alpha value is -4.17. The van der Waals surface area contributed by atoms with E-state index in [9.17, 15) is 9.59 Å². The number of H-pyrrole nitrogens is 3. The lowest BCUT2D eigenvalue weighted by atomic mass is 9.89. The normalized spacial score (nSPS) is 11.9. The zero-order chi connectivity index (χ0) is 30.2. The number of hydrogen-bond donors (Lipinski definition) is 4. The fourth-order valence-corrected chi connectivity index (χ4v) is 5.72. The van der Waals surface area contributed by atoms with Gasteiger partial charge >= 0.3 is 12.1 Å². The zero-order valence-electron chi connectivity index (χ0n) is 24.8. The average Bonchev–Trinajstić information content (AvgIpc) is 3.64. The van der Waals surface area contributed by atoms with Crippen LogP contribution in [0.3, 0.4) is 0 Å². The molecule has 0 aliphatic carbocycles. The van der Waals surface area contributed by atoms with E-state index in [1.807, 2.05) is 63.4 Å². The molecule has 220 valence electrons. The van der Waals surface area contributed by atoms with Crippen LogP contribution in [-0.2, 0) is 15.9 Å². The maximum atomic E-state index is 13.4. The molecular weight excluding hydrogens is 552 g/mol. The minimum Gasteiger partial charge on any atom is -0.461 e. The summed E-state index contributed by atoms with van der Waals surface area (Å²) in [7, 11) is 0. The molecule has 4 N–H and O–H groups in total. The van der Waals surface area contributed by atoms with Gasteiger partial charge in [0.05, 0.1) is 12.3 Å². The molecule has 3 heterocycles. The van der Waals surface area contributed by atoms with Crippen molar-refractivity contribution in [2.75, 3.05) is 13.2 Å². The molecule has 3 aromatic heterocycles. The Bertz CT molecular complexity index is 1770. The van der Waals surface area contributed by atoms with Crippen LogP contribution in [0.15, 0.2) is 48.7 Å². The Morgan fingerprint density at radius 2 is 1.79 bits per heavy atom. The first-order chi connectivity index (χ1) is 20.0. The van der Waals surface area contributed by atoms with Crippen LogP contribution < -0.4 is 5.32 Å². The molecule has 0 fully saturated rings. The van der Waals surface area contributed by atoms with Gasteiger partial charge in [0.1, 0.15) is 11.3 Å². The van der Waals surface area contributed by atoms with E-state index in [1.165, 1.54) is 0 Å². The summed E-state index contributed by atoms with van der Waals surface area (Å²) >= 11 is 6.86. The first-order valence-corrected chi connectivity index (χ1v) is 14.6. The van der Waals surface area contributed by atoms with E-state index < -0.39 is 17.7 Å². The van der Waals surface area contributed by atoms with Crippen LogP contribution in [0, 0.1) is 0 Å². The van der Waals surface area contributed by atoms with Crippen LogP contribution in [0.1, 0.15) is 69.2 Å². The molecule has 0 spiro atoms. The highest BCUT2D eigenvalue weighted by molar-refractivity contribution is 6.35. The lowest BCUT2D eigenvalue weighted by molar-refractivity contribution is 0.0513. The molecule has 2 aromatic carbocycles. The summed E-state index contributed by atoms with van der Waals surface area (Å²) in [6.07, 6.45) is 2.03. The van der Waals surface area contributed by atoms with Gasteiger partial charge in [-0.2, -0.15) is 0 Å². The molecule has 8 nitrogen and oxygen atoms in total. The van der Waals surface area contributed by atoms with Gasteiger partial charge in [-0.1, -0.05) is 37.6 Å². The Morgan fingerprint density at radius 1 is 1.00 bits per heavy atom. The number of nitrogens with one attached hydrogen (secondary N) is 4. The summed E-state index contributed by atoms with van der Waals surface area (Å²) in [5.74, 6) is -0.384. The number of amides is 1. The molecule has 5 aromatic rings. The largest absolute Gasteiger partial charge is 0.461 e. The topological polar surface area (TPSA) is 112 Å². The van der Waals surface area contributed by atoms with Crippen LogP contribution in [0.5, 0.6) is 0 Å². The maximum Gasteiger partial charge on any atom is 0.407 e. The number of carbonyl (C=O) groups is 2. The molecule has 0 saturated heterocycles. The van der Waals surface area contributed by atoms with Crippen LogP contribution >= 0.6 is 11.6 Å². The molecule has 42 heavy (non-hydrogen) atoms. The molecule has 1 amide bonds. The molecule has 0 aliphatic heterocycles. The lowest BCUT2D eigenvalue weighted by Crippen LogP contribution is -2.33. The van der Waals surface area contributed by atoms with Crippen LogP contribution in [0.2, 0.25) is 5.02 Å². The number of ether oxygens (including phenoxy) is 2. The van der Waals surface area contributed by atoms with Crippen molar-refractivity contribution in [2.45, 2.75) is 59.5 Å². The number of aromatic amines is 3. The highest BCUT2D eigenvalue weighted by Gasteiger charge is 2.30. The summed E-state index contributed by atoms with van der Waals surface area (Å²) in [5, 5.41) is 5.31. The standard InChI is InChI=1S/C33H37ClN4O4/c1-7-41-31(39)30-28(27-21-14-16-35-24(21)12-11-23(27)34)26(18(2)3)29(38-30)20-9-8-10-25-22(20)17-19(37-25)13-15-36-32(40)42-33(4,5)6/h8-12,14,16-18,35,37-38H,7,13,15H2,1-6H3,(H,36,40). The summed E-state index contributed by atoms with van der Waals surface area (Å²) in [6.45, 7) is 12.2. The van der Waals surface area contributed by atoms with E-state index in [2.05, 4.69) is 40.2 Å². The number of rotatable bonds is 8. The minimum absolute atomic E-state index is 0.0476. The third-order valence-electron chi connectivity index (χ3n) is 7.08. The lowest BCUT2D eigenvalue weighted by Gasteiger charge is -2.19. The molecule has 0 aliphatic rings. The van der Waals surface area contributed by atoms with Gasteiger partial charge in [-0.05, 0) is 69.5 Å². The number of alkyl carbamates (subject to hydrolysis) is 1. The third-order valence-corrected chi connectivity index (χ3v) is 7.40. The van der Waals surface area contributed by atoms with Crippen molar-refractivity contribution in [1.82, 2.24) is 20.3 Å². The fraction of sp³-hybridized carbons (Fsp3) is 0.333. The van der Waals surface area contributed by atoms with E-state index in [1.54, 1.807) is 6.92 Å². The Morgan fingerprint density at radius 3 is 2.50 bits per heavy atom. The predicted octanol–water partition coefficient (Wildman–Crippen LogP) is 8.33. The second-order valence-corrected chi connectivity index (χ2v) is 12.0. The molecule has 0 unspecified atom stereocenters. The van der Waals surface area contributed by atoms with Gasteiger partial charge in [0.15, 0.2) is 0 Å². The Kier molecular flexibility index (Phi) is 8.10. The molecule has 0 radical (unpaired) electrons. The number of halogens is 1. The molecular formula is C33H37ClN4O4. The molecule has 0 bridgehead atoms. The third kappa shape index (κ3) is 5.77. The summed E-state index contributed by atoms with van der Waals surface area (Å²) in [5.41, 5.74) is 6.99. The number of esters is 1. The van der Waals surface area contributed by atoms with Crippen LogP contribution in [-0.4, -0.2) is 45.8 Å². The highest BCUT2D eigenvalue weighted by atomic mass is 35.5. The first kappa shape index (κ1) is 29.3. The van der Waals surface area contributed by atoms with Crippen molar-refractivity contribution >= 4 is 45.5 Å². The number of aromatic nitrogens is 3. The van der Waals surface area contributed by atoms with Crippen molar-refractivity contribution in [3.63, 3.8) is 0 Å². The van der Waals surface area contributed by atoms with Gasteiger partial charge < -0.3 is 29.7 Å². The summed E-state index contributed by atoms with van der Waals surface area (Å²) < 4.78 is 10.9. The van der Waals surface area contributed by atoms with Gasteiger partial charge in [-0.3, -0.25) is 0 Å². The van der Waals surface area contributed by atoms with Crippen molar-refractivity contribution in [3.05, 3.63) is 70.6 Å². The number of benzene rings is 2. The first-order valence-electron chi connectivity index (χ1n) is 14.2. The van der Waals surface area contributed by atoms with E-state index in [-0.39, 0.29) is 12.5 Å². The second kappa shape index (κ2) is 11.6. The molecule has 0 saturated carbocycles. The van der Waals surface area contributed by atoms with Crippen LogP contribution in [0.25, 0.3) is 44.2 Å². The van der Waals surface area contributed by atoms with Gasteiger partial charge in [-0.25, -0.2) is 9.59 Å². The van der Waals surface area contributed by atoms with E-state index in [0.717, 1.165) is 55.4 Å².